The number of hydrogen-bond acceptors (Lipinski definition) is 15. The third-order valence-electron chi connectivity index (χ3n) is 14.7. The molecule has 0 radical (unpaired) electrons. The first-order chi connectivity index (χ1) is 33.8. The molecule has 4 fully saturated rings. The third kappa shape index (κ3) is 8.29. The molecule has 2 aromatic heterocycles. The molecule has 0 bridgehead atoms. The summed E-state index contributed by atoms with van der Waals surface area (Å²) in [6.07, 6.45) is 6.44. The van der Waals surface area contributed by atoms with Gasteiger partial charge in [0.25, 0.3) is 11.8 Å². The molecule has 5 amide bonds. The summed E-state index contributed by atoms with van der Waals surface area (Å²) in [5.41, 5.74) is 5.81. The summed E-state index contributed by atoms with van der Waals surface area (Å²) in [6, 6.07) is 18.1. The van der Waals surface area contributed by atoms with Crippen LogP contribution in [0.15, 0.2) is 66.9 Å². The predicted octanol–water partition coefficient (Wildman–Crippen LogP) is 3.82. The highest BCUT2D eigenvalue weighted by Gasteiger charge is 2.45. The van der Waals surface area contributed by atoms with Crippen molar-refractivity contribution in [3.05, 3.63) is 83.6 Å². The highest BCUT2D eigenvalue weighted by molar-refractivity contribution is 7.92. The zero-order valence-electron chi connectivity index (χ0n) is 38.9. The molecule has 70 heavy (non-hydrogen) atoms. The fourth-order valence-electron chi connectivity index (χ4n) is 11.1. The molecule has 8 heterocycles. The minimum Gasteiger partial charge on any atom is -0.495 e. The number of aromatic nitrogens is 3. The number of benzene rings is 3. The number of rotatable bonds is 11. The van der Waals surface area contributed by atoms with Crippen LogP contribution in [0.5, 0.6) is 5.75 Å². The van der Waals surface area contributed by atoms with Crippen molar-refractivity contribution in [2.75, 3.05) is 97.0 Å². The van der Waals surface area contributed by atoms with E-state index in [-0.39, 0.29) is 35.8 Å². The number of piperidine rings is 2. The van der Waals surface area contributed by atoms with E-state index >= 15 is 0 Å². The van der Waals surface area contributed by atoms with Crippen LogP contribution in [0.25, 0.3) is 11.0 Å². The van der Waals surface area contributed by atoms with Crippen LogP contribution in [0, 0.1) is 5.92 Å². The molecule has 5 aromatic rings. The van der Waals surface area contributed by atoms with Gasteiger partial charge in [0.15, 0.2) is 0 Å². The van der Waals surface area contributed by atoms with Crippen molar-refractivity contribution in [2.45, 2.75) is 50.6 Å². The molecule has 0 aliphatic carbocycles. The summed E-state index contributed by atoms with van der Waals surface area (Å²) < 4.78 is 32.7. The summed E-state index contributed by atoms with van der Waals surface area (Å²) >= 11 is 0. The summed E-state index contributed by atoms with van der Waals surface area (Å²) in [5, 5.41) is 9.75. The van der Waals surface area contributed by atoms with Gasteiger partial charge in [-0.1, -0.05) is 12.1 Å². The van der Waals surface area contributed by atoms with Gasteiger partial charge in [-0.05, 0) is 80.1 Å². The minimum atomic E-state index is -3.47. The first kappa shape index (κ1) is 45.2. The average molecular weight is 971 g/mol. The van der Waals surface area contributed by atoms with E-state index in [1.807, 2.05) is 41.3 Å². The zero-order valence-corrected chi connectivity index (χ0v) is 39.8. The number of sulfonamides is 1. The number of fused-ring (bicyclic) bond motifs is 3. The molecule has 4 N–H and O–H groups in total. The number of para-hydroxylation sites is 1. The van der Waals surface area contributed by atoms with E-state index in [0.717, 1.165) is 77.7 Å². The van der Waals surface area contributed by atoms with Crippen molar-refractivity contribution in [1.82, 2.24) is 35.0 Å². The van der Waals surface area contributed by atoms with Gasteiger partial charge >= 0.3 is 0 Å². The Kier molecular flexibility index (Phi) is 11.6. The lowest BCUT2D eigenvalue weighted by molar-refractivity contribution is -0.137. The fourth-order valence-corrected chi connectivity index (χ4v) is 12.1. The standard InChI is InChI=1S/C49H54N12O8S/c1-69-40-26-31(51-49-54-43-35(12-17-50-43)44(55-49)52-37-5-3-4-29-14-21-60(42(29)37)70(2,67)68)6-9-38(40)57-19-15-32(16-20-57)56-22-24-58(25-23-56)46(64)30-13-18-59(28-30)33-7-8-34-36(27-33)48(66)61(47(34)65)39-10-11-41(62)53-45(39)63/h3-9,12,17,26-27,30,32,39H,10-11,13-16,18-25,28H2,1-2H3,(H,53,62,63)(H3,50,51,52,54,55)/t30-,39?/m1/s1. The smallest absolute Gasteiger partial charge is 0.262 e. The second kappa shape index (κ2) is 17.9. The Labute approximate surface area is 404 Å². The Morgan fingerprint density at radius 3 is 2.36 bits per heavy atom. The van der Waals surface area contributed by atoms with Gasteiger partial charge in [-0.25, -0.2) is 8.42 Å². The van der Waals surface area contributed by atoms with E-state index in [0.29, 0.717) is 80.4 Å². The molecule has 2 atom stereocenters. The lowest BCUT2D eigenvalue weighted by Gasteiger charge is -2.43. The highest BCUT2D eigenvalue weighted by Crippen LogP contribution is 2.40. The number of piperazine rings is 1. The Bertz CT molecular complexity index is 3070. The van der Waals surface area contributed by atoms with E-state index in [2.05, 4.69) is 41.7 Å². The van der Waals surface area contributed by atoms with Gasteiger partial charge in [-0.15, -0.1) is 0 Å². The molecule has 21 heteroatoms. The maximum Gasteiger partial charge on any atom is 0.262 e. The first-order valence-corrected chi connectivity index (χ1v) is 25.7. The van der Waals surface area contributed by atoms with Crippen molar-refractivity contribution in [2.24, 2.45) is 5.92 Å². The molecule has 0 spiro atoms. The van der Waals surface area contributed by atoms with Gasteiger partial charge in [-0.3, -0.25) is 43.4 Å². The zero-order chi connectivity index (χ0) is 48.4. The number of amides is 5. The van der Waals surface area contributed by atoms with Crippen molar-refractivity contribution in [3.63, 3.8) is 0 Å². The molecule has 6 aliphatic rings. The summed E-state index contributed by atoms with van der Waals surface area (Å²) in [4.78, 5) is 87.4. The van der Waals surface area contributed by atoms with Gasteiger partial charge in [0, 0.05) is 95.0 Å². The topological polar surface area (TPSA) is 226 Å². The Morgan fingerprint density at radius 2 is 1.59 bits per heavy atom. The van der Waals surface area contributed by atoms with Crippen molar-refractivity contribution in [1.29, 1.82) is 0 Å². The SMILES string of the molecule is COc1cc(Nc2nc(Nc3cccc4c3N(S(C)(=O)=O)CC4)c3cc[nH]c3n2)ccc1N1CCC(N2CCN(C(=O)[C@@H]3CCN(c4ccc5c(c4)C(=O)N(C4CCC(=O)NC4=O)C5=O)C3)CC2)CC1. The van der Waals surface area contributed by atoms with Gasteiger partial charge in [0.1, 0.15) is 23.3 Å². The maximum absolute atomic E-state index is 13.9. The monoisotopic (exact) mass is 970 g/mol. The molecule has 364 valence electrons. The number of aromatic amines is 1. The Hall–Kier alpha value is -7.26. The summed E-state index contributed by atoms with van der Waals surface area (Å²) in [5.74, 6) is -0.580. The number of carbonyl (C=O) groups excluding carboxylic acids is 5. The normalized spacial score (nSPS) is 21.1. The van der Waals surface area contributed by atoms with E-state index < -0.39 is 39.7 Å². The van der Waals surface area contributed by atoms with Crippen LogP contribution < -0.4 is 34.8 Å². The van der Waals surface area contributed by atoms with E-state index in [4.69, 9.17) is 14.7 Å². The van der Waals surface area contributed by atoms with Crippen molar-refractivity contribution < 1.29 is 37.1 Å². The summed E-state index contributed by atoms with van der Waals surface area (Å²) in [7, 11) is -1.81. The van der Waals surface area contributed by atoms with E-state index in [9.17, 15) is 32.4 Å². The van der Waals surface area contributed by atoms with Gasteiger partial charge < -0.3 is 35.1 Å². The van der Waals surface area contributed by atoms with Crippen LogP contribution in [0.4, 0.5) is 40.2 Å². The number of imide groups is 2. The number of carbonyl (C=O) groups is 5. The van der Waals surface area contributed by atoms with E-state index in [1.165, 1.54) is 10.6 Å². The highest BCUT2D eigenvalue weighted by atomic mass is 32.2. The van der Waals surface area contributed by atoms with Gasteiger partial charge in [0.05, 0.1) is 52.9 Å². The molecule has 1 unspecified atom stereocenters. The van der Waals surface area contributed by atoms with Crippen LogP contribution in [0.2, 0.25) is 0 Å². The molecule has 6 aliphatic heterocycles. The van der Waals surface area contributed by atoms with Crippen LogP contribution in [-0.4, -0.2) is 152 Å². The number of ether oxygens (including phenoxy) is 1. The van der Waals surface area contributed by atoms with Crippen LogP contribution in [0.3, 0.4) is 0 Å². The van der Waals surface area contributed by atoms with Gasteiger partial charge in [-0.2, -0.15) is 9.97 Å². The second-order valence-corrected chi connectivity index (χ2v) is 20.8. The van der Waals surface area contributed by atoms with Gasteiger partial charge in [0.2, 0.25) is 33.7 Å². The molecule has 11 rings (SSSR count). The second-order valence-electron chi connectivity index (χ2n) is 18.9. The van der Waals surface area contributed by atoms with Crippen molar-refractivity contribution in [3.8, 4) is 5.75 Å². The fraction of sp³-hybridized carbons (Fsp3) is 0.408. The van der Waals surface area contributed by atoms with Crippen LogP contribution in [-0.2, 0) is 30.8 Å². The van der Waals surface area contributed by atoms with Crippen LogP contribution in [0.1, 0.15) is 58.4 Å². The number of nitrogens with one attached hydrogen (secondary N) is 4. The molecule has 0 saturated carbocycles. The Balaban J connectivity index is 0.677. The maximum atomic E-state index is 13.9. The number of H-pyrrole nitrogens is 1. The molecule has 3 aromatic carbocycles. The average Bonchev–Trinajstić information content (AvgIpc) is 4.19. The first-order valence-electron chi connectivity index (χ1n) is 23.9. The lowest BCUT2D eigenvalue weighted by atomic mass is 10.0. The predicted molar refractivity (Wildman–Crippen MR) is 263 cm³/mol. The number of hydrogen-bond donors (Lipinski definition) is 4. The quantitative estimate of drug-likeness (QED) is 0.138. The van der Waals surface area contributed by atoms with Crippen LogP contribution >= 0.6 is 0 Å². The number of methoxy groups -OCH3 is 1. The van der Waals surface area contributed by atoms with E-state index in [1.54, 1.807) is 31.5 Å². The van der Waals surface area contributed by atoms with Crippen molar-refractivity contribution >= 4 is 90.8 Å². The molecular weight excluding hydrogens is 917 g/mol. The number of nitrogens with zero attached hydrogens (tertiary/aromatic N) is 8. The Morgan fingerprint density at radius 1 is 0.800 bits per heavy atom. The molecule has 20 nitrogen and oxygen atoms in total. The third-order valence-corrected chi connectivity index (χ3v) is 15.9. The number of anilines is 7. The largest absolute Gasteiger partial charge is 0.495 e. The summed E-state index contributed by atoms with van der Waals surface area (Å²) in [6.45, 7) is 6.18. The molecular formula is C49H54N12O8S. The minimum absolute atomic E-state index is 0.0594. The lowest BCUT2D eigenvalue weighted by Crippen LogP contribution is -2.55. The molecule has 4 saturated heterocycles.